The molecule has 0 atom stereocenters. The van der Waals surface area contributed by atoms with E-state index in [2.05, 4.69) is 147 Å². The standard InChI is InChI=1S/C34H21BrN2.C2H6/c35-24-17-23-7-6-11-29-26-15-13-21(18-30(26)36-31(20-24)34(23)29)22-14-16-28-27-10-4-5-12-32(27)37(33(28)19-22)25-8-2-1-3-9-25;1-2/h1-20,36H;1-2H3. The number of nitrogens with zero attached hydrogens (tertiary/aromatic N) is 1. The highest BCUT2D eigenvalue weighted by Gasteiger charge is 2.19. The van der Waals surface area contributed by atoms with Gasteiger partial charge in [0.25, 0.3) is 0 Å². The van der Waals surface area contributed by atoms with E-state index in [0.717, 1.165) is 15.8 Å². The summed E-state index contributed by atoms with van der Waals surface area (Å²) in [5.41, 5.74) is 10.8. The third kappa shape index (κ3) is 3.77. The van der Waals surface area contributed by atoms with Gasteiger partial charge in [-0.15, -0.1) is 0 Å². The van der Waals surface area contributed by atoms with Crippen LogP contribution in [0.2, 0.25) is 0 Å². The molecule has 0 spiro atoms. The molecule has 2 heterocycles. The lowest BCUT2D eigenvalue weighted by Crippen LogP contribution is -2.01. The van der Waals surface area contributed by atoms with Crippen molar-refractivity contribution in [2.45, 2.75) is 13.8 Å². The molecule has 0 radical (unpaired) electrons. The second-order valence-corrected chi connectivity index (χ2v) is 10.6. The van der Waals surface area contributed by atoms with Crippen molar-refractivity contribution in [3.05, 3.63) is 126 Å². The molecule has 0 unspecified atom stereocenters. The van der Waals surface area contributed by atoms with Crippen molar-refractivity contribution in [2.24, 2.45) is 0 Å². The largest absolute Gasteiger partial charge is 0.354 e. The first-order valence-corrected chi connectivity index (χ1v) is 14.3. The van der Waals surface area contributed by atoms with Crippen LogP contribution in [0, 0.1) is 0 Å². The first-order valence-electron chi connectivity index (χ1n) is 13.5. The monoisotopic (exact) mass is 566 g/mol. The molecule has 8 rings (SSSR count). The molecular formula is C36H27BrN2. The molecule has 1 aliphatic heterocycles. The molecule has 3 heteroatoms. The maximum atomic E-state index is 3.72. The van der Waals surface area contributed by atoms with E-state index in [1.165, 1.54) is 60.5 Å². The number of halogens is 1. The minimum absolute atomic E-state index is 1.08. The van der Waals surface area contributed by atoms with Gasteiger partial charge in [-0.2, -0.15) is 0 Å². The highest BCUT2D eigenvalue weighted by Crippen LogP contribution is 2.46. The van der Waals surface area contributed by atoms with Gasteiger partial charge in [0.2, 0.25) is 0 Å². The fourth-order valence-corrected chi connectivity index (χ4v) is 6.40. The van der Waals surface area contributed by atoms with Crippen LogP contribution >= 0.6 is 15.9 Å². The Morgan fingerprint density at radius 2 is 1.31 bits per heavy atom. The minimum atomic E-state index is 1.08. The molecule has 0 saturated heterocycles. The Bertz CT molecular complexity index is 2020. The van der Waals surface area contributed by atoms with Gasteiger partial charge >= 0.3 is 0 Å². The van der Waals surface area contributed by atoms with E-state index in [-0.39, 0.29) is 0 Å². The van der Waals surface area contributed by atoms with Crippen LogP contribution in [0.5, 0.6) is 0 Å². The fraction of sp³-hybridized carbons (Fsp3) is 0.0556. The number of para-hydroxylation sites is 2. The van der Waals surface area contributed by atoms with E-state index in [1.54, 1.807) is 0 Å². The van der Waals surface area contributed by atoms with Crippen molar-refractivity contribution in [1.29, 1.82) is 0 Å². The maximum Gasteiger partial charge on any atom is 0.0547 e. The minimum Gasteiger partial charge on any atom is -0.354 e. The quantitative estimate of drug-likeness (QED) is 0.220. The molecule has 0 fully saturated rings. The fourth-order valence-electron chi connectivity index (χ4n) is 5.93. The van der Waals surface area contributed by atoms with Gasteiger partial charge in [0.15, 0.2) is 0 Å². The molecule has 1 aromatic heterocycles. The summed E-state index contributed by atoms with van der Waals surface area (Å²) in [5.74, 6) is 0. The molecule has 7 aromatic rings. The Morgan fingerprint density at radius 3 is 2.18 bits per heavy atom. The van der Waals surface area contributed by atoms with Crippen molar-refractivity contribution in [3.63, 3.8) is 0 Å². The van der Waals surface area contributed by atoms with E-state index in [1.807, 2.05) is 13.8 Å². The summed E-state index contributed by atoms with van der Waals surface area (Å²) in [6, 6.07) is 43.9. The second-order valence-electron chi connectivity index (χ2n) is 9.66. The molecule has 0 amide bonds. The first kappa shape index (κ1) is 23.8. The Balaban J connectivity index is 0.00000124. The van der Waals surface area contributed by atoms with E-state index >= 15 is 0 Å². The van der Waals surface area contributed by atoms with E-state index < -0.39 is 0 Å². The van der Waals surface area contributed by atoms with Crippen LogP contribution in [-0.2, 0) is 0 Å². The van der Waals surface area contributed by atoms with Crippen molar-refractivity contribution >= 4 is 59.9 Å². The van der Waals surface area contributed by atoms with E-state index in [9.17, 15) is 0 Å². The average molecular weight is 568 g/mol. The smallest absolute Gasteiger partial charge is 0.0547 e. The summed E-state index contributed by atoms with van der Waals surface area (Å²) in [6.07, 6.45) is 0. The summed E-state index contributed by atoms with van der Waals surface area (Å²) >= 11 is 3.68. The summed E-state index contributed by atoms with van der Waals surface area (Å²) in [4.78, 5) is 0. The van der Waals surface area contributed by atoms with Crippen LogP contribution < -0.4 is 5.32 Å². The van der Waals surface area contributed by atoms with Crippen LogP contribution in [0.1, 0.15) is 13.8 Å². The molecule has 0 aliphatic carbocycles. The van der Waals surface area contributed by atoms with Crippen molar-refractivity contribution in [3.8, 4) is 27.9 Å². The summed E-state index contributed by atoms with van der Waals surface area (Å²) < 4.78 is 3.46. The lowest BCUT2D eigenvalue weighted by Gasteiger charge is -2.23. The molecule has 2 nitrogen and oxygen atoms in total. The molecule has 6 aromatic carbocycles. The lowest BCUT2D eigenvalue weighted by atomic mass is 9.91. The van der Waals surface area contributed by atoms with Crippen molar-refractivity contribution < 1.29 is 0 Å². The predicted molar refractivity (Wildman–Crippen MR) is 171 cm³/mol. The molecule has 1 N–H and O–H groups in total. The maximum absolute atomic E-state index is 3.72. The average Bonchev–Trinajstić information content (AvgIpc) is 3.32. The highest BCUT2D eigenvalue weighted by atomic mass is 79.9. The Labute approximate surface area is 236 Å². The number of nitrogens with one attached hydrogen (secondary N) is 1. The number of aromatic nitrogens is 1. The highest BCUT2D eigenvalue weighted by molar-refractivity contribution is 9.10. The molecule has 0 bridgehead atoms. The Kier molecular flexibility index (Phi) is 5.75. The van der Waals surface area contributed by atoms with Gasteiger partial charge in [-0.3, -0.25) is 0 Å². The van der Waals surface area contributed by atoms with Crippen LogP contribution in [0.15, 0.2) is 126 Å². The topological polar surface area (TPSA) is 17.0 Å². The number of fused-ring (bicyclic) bond motifs is 5. The molecular weight excluding hydrogens is 540 g/mol. The van der Waals surface area contributed by atoms with E-state index in [4.69, 9.17) is 0 Å². The normalized spacial score (nSPS) is 11.7. The zero-order chi connectivity index (χ0) is 26.5. The summed E-state index contributed by atoms with van der Waals surface area (Å²) in [7, 11) is 0. The number of benzene rings is 6. The molecule has 0 saturated carbocycles. The van der Waals surface area contributed by atoms with Gasteiger partial charge in [-0.1, -0.05) is 109 Å². The first-order chi connectivity index (χ1) is 19.2. The summed E-state index contributed by atoms with van der Waals surface area (Å²) in [6.45, 7) is 4.00. The number of hydrogen-bond acceptors (Lipinski definition) is 1. The number of hydrogen-bond donors (Lipinski definition) is 1. The van der Waals surface area contributed by atoms with Crippen molar-refractivity contribution in [2.75, 3.05) is 5.32 Å². The van der Waals surface area contributed by atoms with Gasteiger partial charge in [-0.25, -0.2) is 0 Å². The third-order valence-corrected chi connectivity index (χ3v) is 8.00. The zero-order valence-electron chi connectivity index (χ0n) is 21.9. The molecule has 1 aliphatic rings. The van der Waals surface area contributed by atoms with E-state index in [0.29, 0.717) is 0 Å². The van der Waals surface area contributed by atoms with Gasteiger partial charge < -0.3 is 9.88 Å². The Morgan fingerprint density at radius 1 is 0.564 bits per heavy atom. The zero-order valence-corrected chi connectivity index (χ0v) is 23.5. The van der Waals surface area contributed by atoms with Crippen LogP contribution in [0.25, 0.3) is 60.5 Å². The van der Waals surface area contributed by atoms with Crippen LogP contribution in [0.3, 0.4) is 0 Å². The van der Waals surface area contributed by atoms with Gasteiger partial charge in [0, 0.05) is 43.3 Å². The SMILES string of the molecule is Brc1cc2c3c(cccc3c1)-c1ccc(-c3ccc4c5ccccc5n(-c5ccccc5)c4c3)cc1N2.CC. The van der Waals surface area contributed by atoms with Crippen LogP contribution in [-0.4, -0.2) is 4.57 Å². The lowest BCUT2D eigenvalue weighted by molar-refractivity contribution is 1.18. The molecule has 39 heavy (non-hydrogen) atoms. The van der Waals surface area contributed by atoms with Gasteiger partial charge in [-0.05, 0) is 64.5 Å². The summed E-state index contributed by atoms with van der Waals surface area (Å²) in [5, 5.41) is 8.77. The van der Waals surface area contributed by atoms with Crippen molar-refractivity contribution in [1.82, 2.24) is 4.57 Å². The predicted octanol–water partition coefficient (Wildman–Crippen LogP) is 11.1. The van der Waals surface area contributed by atoms with Crippen LogP contribution in [0.4, 0.5) is 11.4 Å². The van der Waals surface area contributed by atoms with Gasteiger partial charge in [0.1, 0.15) is 0 Å². The number of anilines is 2. The molecule has 188 valence electrons. The number of rotatable bonds is 2. The third-order valence-electron chi connectivity index (χ3n) is 7.54. The second kappa shape index (κ2) is 9.44. The Hall–Kier alpha value is -4.34. The van der Waals surface area contributed by atoms with Gasteiger partial charge in [0.05, 0.1) is 11.0 Å².